The Kier molecular flexibility index (Phi) is 9.08. The normalized spacial score (nSPS) is 13.3. The van der Waals surface area contributed by atoms with Gasteiger partial charge in [0.15, 0.2) is 0 Å². The van der Waals surface area contributed by atoms with Crippen LogP contribution < -0.4 is 21.2 Å². The highest BCUT2D eigenvalue weighted by Gasteiger charge is 2.51. The molecule has 0 aromatic heterocycles. The van der Waals surface area contributed by atoms with E-state index in [1.54, 1.807) is 20.8 Å². The Morgan fingerprint density at radius 1 is 0.853 bits per heavy atom. The minimum absolute atomic E-state index is 0.179. The van der Waals surface area contributed by atoms with Gasteiger partial charge in [0.05, 0.1) is 0 Å². The highest BCUT2D eigenvalue weighted by atomic mass is 28.4. The predicted octanol–water partition coefficient (Wildman–Crippen LogP) is 4.53. The van der Waals surface area contributed by atoms with E-state index in [-0.39, 0.29) is 11.0 Å². The molecular formula is C27H40N2O4Si. The molecule has 0 spiro atoms. The van der Waals surface area contributed by atoms with Gasteiger partial charge in [-0.25, -0.2) is 10.3 Å². The molecule has 0 aliphatic carbocycles. The van der Waals surface area contributed by atoms with Crippen LogP contribution in [0.5, 0.6) is 0 Å². The lowest BCUT2D eigenvalue weighted by Gasteiger charge is -2.42. The van der Waals surface area contributed by atoms with Crippen LogP contribution in [0, 0.1) is 5.92 Å². The highest BCUT2D eigenvalue weighted by Crippen LogP contribution is 2.36. The van der Waals surface area contributed by atoms with E-state index in [1.165, 1.54) is 0 Å². The van der Waals surface area contributed by atoms with Gasteiger partial charge in [-0.15, -0.1) is 0 Å². The lowest BCUT2D eigenvalue weighted by molar-refractivity contribution is -0.130. The Balaban J connectivity index is 2.39. The van der Waals surface area contributed by atoms with Gasteiger partial charge in [0.25, 0.3) is 14.2 Å². The second-order valence-corrected chi connectivity index (χ2v) is 15.3. The molecule has 186 valence electrons. The second kappa shape index (κ2) is 11.2. The van der Waals surface area contributed by atoms with Crippen molar-refractivity contribution >= 4 is 30.7 Å². The second-order valence-electron chi connectivity index (χ2n) is 11.1. The molecule has 0 aliphatic heterocycles. The van der Waals surface area contributed by atoms with Gasteiger partial charge in [-0.05, 0) is 48.5 Å². The van der Waals surface area contributed by atoms with Crippen molar-refractivity contribution in [2.24, 2.45) is 5.92 Å². The van der Waals surface area contributed by atoms with E-state index < -0.39 is 32.0 Å². The third-order valence-electron chi connectivity index (χ3n) is 5.44. The van der Waals surface area contributed by atoms with Crippen LogP contribution in [0.2, 0.25) is 5.04 Å². The topological polar surface area (TPSA) is 76.7 Å². The van der Waals surface area contributed by atoms with Gasteiger partial charge in [-0.2, -0.15) is 0 Å². The zero-order chi connectivity index (χ0) is 25.6. The van der Waals surface area contributed by atoms with Crippen molar-refractivity contribution in [1.29, 1.82) is 0 Å². The van der Waals surface area contributed by atoms with Crippen molar-refractivity contribution in [1.82, 2.24) is 10.8 Å². The maximum atomic E-state index is 13.3. The van der Waals surface area contributed by atoms with Crippen molar-refractivity contribution in [2.75, 3.05) is 0 Å². The molecule has 0 radical (unpaired) electrons. The van der Waals surface area contributed by atoms with E-state index >= 15 is 0 Å². The third kappa shape index (κ3) is 7.18. The standard InChI is InChI=1S/C27H40N2O4Si/c1-20(2)19-23(28-25(31)32-26(3,4)5)24(30)29-33-34(27(6,7)8,21-15-11-9-12-16-21)22-17-13-10-14-18-22/h9-18,20,23H,19H2,1-8H3,(H,28,31)(H,29,30). The number of carbonyl (C=O) groups is 2. The van der Waals surface area contributed by atoms with Crippen molar-refractivity contribution in [3.05, 3.63) is 60.7 Å². The van der Waals surface area contributed by atoms with Crippen LogP contribution in [0.4, 0.5) is 4.79 Å². The van der Waals surface area contributed by atoms with E-state index in [9.17, 15) is 9.59 Å². The average Bonchev–Trinajstić information content (AvgIpc) is 2.72. The van der Waals surface area contributed by atoms with Crippen molar-refractivity contribution in [2.45, 2.75) is 78.5 Å². The summed E-state index contributed by atoms with van der Waals surface area (Å²) in [6.45, 7) is 15.8. The summed E-state index contributed by atoms with van der Waals surface area (Å²) in [5.41, 5.74) is 2.09. The van der Waals surface area contributed by atoms with Gasteiger partial charge < -0.3 is 14.6 Å². The SMILES string of the molecule is CC(C)CC(NC(=O)OC(C)(C)C)C(=O)NO[Si](c1ccccc1)(c1ccccc1)C(C)(C)C. The fourth-order valence-electron chi connectivity index (χ4n) is 4.00. The van der Waals surface area contributed by atoms with Crippen LogP contribution in [0.1, 0.15) is 61.8 Å². The molecule has 0 fully saturated rings. The predicted molar refractivity (Wildman–Crippen MR) is 139 cm³/mol. The van der Waals surface area contributed by atoms with Crippen LogP contribution in [0.3, 0.4) is 0 Å². The maximum Gasteiger partial charge on any atom is 0.408 e. The Labute approximate surface area is 205 Å². The Morgan fingerprint density at radius 3 is 1.71 bits per heavy atom. The first kappa shape index (κ1) is 27.6. The lowest BCUT2D eigenvalue weighted by atomic mass is 10.0. The number of rotatable bonds is 8. The van der Waals surface area contributed by atoms with Gasteiger partial charge >= 0.3 is 6.09 Å². The van der Waals surface area contributed by atoms with E-state index in [2.05, 4.69) is 55.8 Å². The molecule has 2 aromatic rings. The summed E-state index contributed by atoms with van der Waals surface area (Å²) in [6, 6.07) is 19.3. The molecule has 0 saturated carbocycles. The maximum absolute atomic E-state index is 13.3. The summed E-state index contributed by atoms with van der Waals surface area (Å²) in [4.78, 5) is 25.7. The summed E-state index contributed by atoms with van der Waals surface area (Å²) in [5, 5.41) is 4.53. The number of hydrogen-bond donors (Lipinski definition) is 2. The summed E-state index contributed by atoms with van der Waals surface area (Å²) < 4.78 is 11.9. The monoisotopic (exact) mass is 484 g/mol. The fraction of sp³-hybridized carbons (Fsp3) is 0.481. The minimum Gasteiger partial charge on any atom is -0.444 e. The summed E-state index contributed by atoms with van der Waals surface area (Å²) >= 11 is 0. The Bertz CT molecular complexity index is 895. The summed E-state index contributed by atoms with van der Waals surface area (Å²) in [5.74, 6) is -0.217. The Morgan fingerprint density at radius 2 is 1.32 bits per heavy atom. The molecule has 1 atom stereocenters. The molecule has 34 heavy (non-hydrogen) atoms. The van der Waals surface area contributed by atoms with Crippen molar-refractivity contribution in [3.63, 3.8) is 0 Å². The molecule has 6 nitrogen and oxygen atoms in total. The number of ether oxygens (including phenoxy) is 1. The first-order chi connectivity index (χ1) is 15.8. The van der Waals surface area contributed by atoms with Gasteiger partial charge in [0.1, 0.15) is 11.6 Å². The van der Waals surface area contributed by atoms with Crippen LogP contribution in [-0.4, -0.2) is 32.0 Å². The van der Waals surface area contributed by atoms with E-state index in [1.807, 2.05) is 50.2 Å². The summed E-state index contributed by atoms with van der Waals surface area (Å²) in [7, 11) is -2.95. The molecule has 2 aromatic carbocycles. The molecule has 1 unspecified atom stereocenters. The number of amides is 2. The third-order valence-corrected chi connectivity index (χ3v) is 10.2. The zero-order valence-corrected chi connectivity index (χ0v) is 22.8. The number of hydrogen-bond acceptors (Lipinski definition) is 4. The van der Waals surface area contributed by atoms with Crippen molar-refractivity contribution in [3.8, 4) is 0 Å². The van der Waals surface area contributed by atoms with E-state index in [0.717, 1.165) is 10.4 Å². The Hall–Kier alpha value is -2.64. The number of nitrogens with one attached hydrogen (secondary N) is 2. The zero-order valence-electron chi connectivity index (χ0n) is 21.8. The van der Waals surface area contributed by atoms with Gasteiger partial charge in [-0.3, -0.25) is 4.79 Å². The first-order valence-corrected chi connectivity index (χ1v) is 13.8. The van der Waals surface area contributed by atoms with Crippen LogP contribution in [-0.2, 0) is 14.1 Å². The number of carbonyl (C=O) groups excluding carboxylic acids is 2. The molecule has 0 heterocycles. The molecule has 0 bridgehead atoms. The molecule has 2 N–H and O–H groups in total. The van der Waals surface area contributed by atoms with Gasteiger partial charge in [-0.1, -0.05) is 95.3 Å². The fourth-order valence-corrected chi connectivity index (χ4v) is 8.18. The van der Waals surface area contributed by atoms with Crippen LogP contribution in [0.25, 0.3) is 0 Å². The summed E-state index contributed by atoms with van der Waals surface area (Å²) in [6.07, 6.45) is -0.173. The largest absolute Gasteiger partial charge is 0.444 e. The number of benzene rings is 2. The molecule has 7 heteroatoms. The number of alkyl carbamates (subject to hydrolysis) is 1. The number of hydroxylamine groups is 1. The van der Waals surface area contributed by atoms with E-state index in [0.29, 0.717) is 6.42 Å². The molecule has 0 aliphatic rings. The smallest absolute Gasteiger partial charge is 0.408 e. The quantitative estimate of drug-likeness (QED) is 0.426. The minimum atomic E-state index is -2.95. The molecule has 0 saturated heterocycles. The highest BCUT2D eigenvalue weighted by molar-refractivity contribution is 6.99. The van der Waals surface area contributed by atoms with E-state index in [4.69, 9.17) is 9.26 Å². The molecule has 2 amide bonds. The molecular weight excluding hydrogens is 444 g/mol. The van der Waals surface area contributed by atoms with Crippen molar-refractivity contribution < 1.29 is 18.9 Å². The lowest BCUT2D eigenvalue weighted by Crippen LogP contribution is -2.69. The van der Waals surface area contributed by atoms with Crippen LogP contribution >= 0.6 is 0 Å². The van der Waals surface area contributed by atoms with Gasteiger partial charge in [0.2, 0.25) is 0 Å². The molecule has 2 rings (SSSR count). The first-order valence-electron chi connectivity index (χ1n) is 11.8. The van der Waals surface area contributed by atoms with Gasteiger partial charge in [0, 0.05) is 0 Å². The van der Waals surface area contributed by atoms with Crippen LogP contribution in [0.15, 0.2) is 60.7 Å². The average molecular weight is 485 g/mol.